The maximum atomic E-state index is 11.2. The number of carboxylic acids is 1. The second kappa shape index (κ2) is 7.76. The number of carbonyl (C=O) groups is 1. The van der Waals surface area contributed by atoms with Crippen LogP contribution in [0.5, 0.6) is 5.75 Å². The zero-order valence-corrected chi connectivity index (χ0v) is 15.8. The first kappa shape index (κ1) is 18.2. The summed E-state index contributed by atoms with van der Waals surface area (Å²) < 4.78 is 5.17. The SMILES string of the molecule is COc1ccc(-c2nc(Nc3ccc(C)c(Cl)c3)sc2CC(=O)O)cc1. The number of anilines is 2. The molecule has 0 atom stereocenters. The molecule has 0 spiro atoms. The van der Waals surface area contributed by atoms with Gasteiger partial charge in [0.25, 0.3) is 0 Å². The highest BCUT2D eigenvalue weighted by Gasteiger charge is 2.16. The van der Waals surface area contributed by atoms with Crippen molar-refractivity contribution in [2.24, 2.45) is 0 Å². The third kappa shape index (κ3) is 4.15. The van der Waals surface area contributed by atoms with E-state index >= 15 is 0 Å². The highest BCUT2D eigenvalue weighted by molar-refractivity contribution is 7.16. The molecule has 3 rings (SSSR count). The Hall–Kier alpha value is -2.57. The molecule has 0 radical (unpaired) electrons. The second-order valence-corrected chi connectivity index (χ2v) is 7.17. The monoisotopic (exact) mass is 388 g/mol. The van der Waals surface area contributed by atoms with E-state index in [9.17, 15) is 9.90 Å². The van der Waals surface area contributed by atoms with Gasteiger partial charge in [-0.2, -0.15) is 0 Å². The van der Waals surface area contributed by atoms with Crippen molar-refractivity contribution in [1.29, 1.82) is 0 Å². The van der Waals surface area contributed by atoms with Crippen LogP contribution in [0.3, 0.4) is 0 Å². The van der Waals surface area contributed by atoms with Crippen molar-refractivity contribution >= 4 is 39.7 Å². The zero-order chi connectivity index (χ0) is 18.7. The summed E-state index contributed by atoms with van der Waals surface area (Å²) in [4.78, 5) is 16.5. The van der Waals surface area contributed by atoms with Gasteiger partial charge in [0.15, 0.2) is 5.13 Å². The molecule has 0 aliphatic heterocycles. The van der Waals surface area contributed by atoms with Crippen LogP contribution in [-0.4, -0.2) is 23.2 Å². The average molecular weight is 389 g/mol. The van der Waals surface area contributed by atoms with E-state index in [0.29, 0.717) is 20.7 Å². The molecule has 1 aromatic heterocycles. The Balaban J connectivity index is 1.94. The normalized spacial score (nSPS) is 10.6. The van der Waals surface area contributed by atoms with Gasteiger partial charge in [0, 0.05) is 21.2 Å². The molecule has 7 heteroatoms. The number of carboxylic acid groups (broad SMARTS) is 1. The standard InChI is InChI=1S/C19H17ClN2O3S/c1-11-3-6-13(9-15(11)20)21-19-22-18(16(26-19)10-17(23)24)12-4-7-14(25-2)8-5-12/h3-9H,10H2,1-2H3,(H,21,22)(H,23,24). The number of halogens is 1. The number of aryl methyl sites for hydroxylation is 1. The minimum absolute atomic E-state index is 0.0879. The van der Waals surface area contributed by atoms with E-state index in [0.717, 1.165) is 22.6 Å². The van der Waals surface area contributed by atoms with Crippen LogP contribution in [0.1, 0.15) is 10.4 Å². The van der Waals surface area contributed by atoms with Crippen LogP contribution in [0.25, 0.3) is 11.3 Å². The van der Waals surface area contributed by atoms with Gasteiger partial charge in [-0.3, -0.25) is 4.79 Å². The summed E-state index contributed by atoms with van der Waals surface area (Å²) in [5, 5.41) is 13.7. The lowest BCUT2D eigenvalue weighted by Crippen LogP contribution is -1.99. The molecule has 0 saturated heterocycles. The fourth-order valence-electron chi connectivity index (χ4n) is 2.43. The predicted octanol–water partition coefficient (Wildman–Crippen LogP) is 5.15. The van der Waals surface area contributed by atoms with Crippen LogP contribution in [0, 0.1) is 6.92 Å². The van der Waals surface area contributed by atoms with Gasteiger partial charge in [-0.25, -0.2) is 4.98 Å². The maximum Gasteiger partial charge on any atom is 0.308 e. The van der Waals surface area contributed by atoms with Crippen molar-refractivity contribution in [2.45, 2.75) is 13.3 Å². The van der Waals surface area contributed by atoms with Crippen molar-refractivity contribution < 1.29 is 14.6 Å². The quantitative estimate of drug-likeness (QED) is 0.610. The van der Waals surface area contributed by atoms with E-state index in [2.05, 4.69) is 10.3 Å². The Labute approximate surface area is 160 Å². The number of hydrogen-bond donors (Lipinski definition) is 2. The third-order valence-corrected chi connectivity index (χ3v) is 5.17. The van der Waals surface area contributed by atoms with Gasteiger partial charge in [-0.15, -0.1) is 11.3 Å². The number of benzene rings is 2. The molecule has 2 N–H and O–H groups in total. The summed E-state index contributed by atoms with van der Waals surface area (Å²) in [5.74, 6) is -0.162. The summed E-state index contributed by atoms with van der Waals surface area (Å²) >= 11 is 7.48. The van der Waals surface area contributed by atoms with E-state index in [4.69, 9.17) is 16.3 Å². The Morgan fingerprint density at radius 3 is 2.62 bits per heavy atom. The van der Waals surface area contributed by atoms with Crippen molar-refractivity contribution in [3.63, 3.8) is 0 Å². The molecule has 0 saturated carbocycles. The van der Waals surface area contributed by atoms with Gasteiger partial charge in [0.1, 0.15) is 5.75 Å². The van der Waals surface area contributed by atoms with Crippen molar-refractivity contribution in [2.75, 3.05) is 12.4 Å². The van der Waals surface area contributed by atoms with Gasteiger partial charge < -0.3 is 15.2 Å². The molecule has 134 valence electrons. The summed E-state index contributed by atoms with van der Waals surface area (Å²) in [7, 11) is 1.60. The van der Waals surface area contributed by atoms with Crippen molar-refractivity contribution in [3.8, 4) is 17.0 Å². The van der Waals surface area contributed by atoms with Crippen LogP contribution in [0.2, 0.25) is 5.02 Å². The third-order valence-electron chi connectivity index (χ3n) is 3.80. The van der Waals surface area contributed by atoms with Crippen LogP contribution >= 0.6 is 22.9 Å². The Bertz CT molecular complexity index is 938. The molecular formula is C19H17ClN2O3S. The molecule has 0 bridgehead atoms. The topological polar surface area (TPSA) is 71.5 Å². The minimum Gasteiger partial charge on any atom is -0.497 e. The van der Waals surface area contributed by atoms with Crippen LogP contribution < -0.4 is 10.1 Å². The fourth-order valence-corrected chi connectivity index (χ4v) is 3.61. The predicted molar refractivity (Wildman–Crippen MR) is 105 cm³/mol. The molecule has 26 heavy (non-hydrogen) atoms. The van der Waals surface area contributed by atoms with E-state index in [1.807, 2.05) is 49.4 Å². The number of aliphatic carboxylic acids is 1. The number of nitrogens with one attached hydrogen (secondary N) is 1. The number of rotatable bonds is 6. The molecule has 0 fully saturated rings. The highest BCUT2D eigenvalue weighted by Crippen LogP contribution is 2.34. The number of nitrogens with zero attached hydrogens (tertiary/aromatic N) is 1. The lowest BCUT2D eigenvalue weighted by atomic mass is 10.1. The molecule has 2 aromatic carbocycles. The van der Waals surface area contributed by atoms with E-state index in [-0.39, 0.29) is 6.42 Å². The van der Waals surface area contributed by atoms with Gasteiger partial charge in [-0.1, -0.05) is 17.7 Å². The number of hydrogen-bond acceptors (Lipinski definition) is 5. The van der Waals surface area contributed by atoms with Crippen molar-refractivity contribution in [1.82, 2.24) is 4.98 Å². The molecule has 1 heterocycles. The van der Waals surface area contributed by atoms with Crippen LogP contribution in [0.15, 0.2) is 42.5 Å². The Morgan fingerprint density at radius 1 is 1.27 bits per heavy atom. The summed E-state index contributed by atoms with van der Waals surface area (Å²) in [5.41, 5.74) is 3.29. The number of aromatic nitrogens is 1. The average Bonchev–Trinajstić information content (AvgIpc) is 2.99. The lowest BCUT2D eigenvalue weighted by molar-refractivity contribution is -0.136. The molecule has 0 aliphatic carbocycles. The first-order chi connectivity index (χ1) is 12.5. The molecular weight excluding hydrogens is 372 g/mol. The summed E-state index contributed by atoms with van der Waals surface area (Å²) in [6.45, 7) is 1.93. The van der Waals surface area contributed by atoms with E-state index in [1.165, 1.54) is 11.3 Å². The molecule has 3 aromatic rings. The van der Waals surface area contributed by atoms with Crippen molar-refractivity contribution in [3.05, 3.63) is 57.9 Å². The minimum atomic E-state index is -0.895. The Morgan fingerprint density at radius 2 is 2.00 bits per heavy atom. The summed E-state index contributed by atoms with van der Waals surface area (Å²) in [6.07, 6.45) is -0.0879. The van der Waals surface area contributed by atoms with Crippen LogP contribution in [-0.2, 0) is 11.2 Å². The number of ether oxygens (including phenoxy) is 1. The summed E-state index contributed by atoms with van der Waals surface area (Å²) in [6, 6.07) is 13.0. The first-order valence-electron chi connectivity index (χ1n) is 7.85. The zero-order valence-electron chi connectivity index (χ0n) is 14.2. The lowest BCUT2D eigenvalue weighted by Gasteiger charge is -2.04. The molecule has 5 nitrogen and oxygen atoms in total. The molecule has 0 aliphatic rings. The molecule has 0 unspecified atom stereocenters. The van der Waals surface area contributed by atoms with Gasteiger partial charge in [-0.05, 0) is 48.9 Å². The van der Waals surface area contributed by atoms with Gasteiger partial charge >= 0.3 is 5.97 Å². The fraction of sp³-hybridized carbons (Fsp3) is 0.158. The van der Waals surface area contributed by atoms with Gasteiger partial charge in [0.05, 0.1) is 19.2 Å². The Kier molecular flexibility index (Phi) is 5.44. The largest absolute Gasteiger partial charge is 0.497 e. The van der Waals surface area contributed by atoms with E-state index in [1.54, 1.807) is 7.11 Å². The van der Waals surface area contributed by atoms with Crippen LogP contribution in [0.4, 0.5) is 10.8 Å². The maximum absolute atomic E-state index is 11.2. The second-order valence-electron chi connectivity index (χ2n) is 5.68. The molecule has 0 amide bonds. The van der Waals surface area contributed by atoms with E-state index < -0.39 is 5.97 Å². The first-order valence-corrected chi connectivity index (χ1v) is 9.05. The smallest absolute Gasteiger partial charge is 0.308 e. The van der Waals surface area contributed by atoms with Gasteiger partial charge in [0.2, 0.25) is 0 Å². The highest BCUT2D eigenvalue weighted by atomic mass is 35.5. The number of thiazole rings is 1. The number of methoxy groups -OCH3 is 1.